The zero-order valence-corrected chi connectivity index (χ0v) is 10.3. The summed E-state index contributed by atoms with van der Waals surface area (Å²) in [5.74, 6) is -0.803. The molecule has 0 radical (unpaired) electrons. The number of aryl methyl sites for hydroxylation is 1. The van der Waals surface area contributed by atoms with E-state index in [-0.39, 0.29) is 12.2 Å². The fourth-order valence-electron chi connectivity index (χ4n) is 1.25. The van der Waals surface area contributed by atoms with E-state index in [0.29, 0.717) is 12.0 Å². The summed E-state index contributed by atoms with van der Waals surface area (Å²) in [7, 11) is -3.86. The van der Waals surface area contributed by atoms with E-state index < -0.39 is 20.7 Å². The molecule has 0 aromatic heterocycles. The molecule has 0 spiro atoms. The minimum absolute atomic E-state index is 0.180. The third kappa shape index (κ3) is 3.28. The number of rotatable bonds is 5. The van der Waals surface area contributed by atoms with Crippen molar-refractivity contribution < 1.29 is 12.8 Å². The van der Waals surface area contributed by atoms with E-state index >= 15 is 0 Å². The predicted molar refractivity (Wildman–Crippen MR) is 65.6 cm³/mol. The highest BCUT2D eigenvalue weighted by molar-refractivity contribution is 7.89. The molecule has 0 heterocycles. The first-order valence-electron chi connectivity index (χ1n) is 5.04. The Morgan fingerprint density at radius 3 is 2.76 bits per heavy atom. The van der Waals surface area contributed by atoms with Crippen LogP contribution in [0.5, 0.6) is 0 Å². The molecule has 0 amide bonds. The highest BCUT2D eigenvalue weighted by Gasteiger charge is 2.19. The van der Waals surface area contributed by atoms with Gasteiger partial charge >= 0.3 is 0 Å². The van der Waals surface area contributed by atoms with Gasteiger partial charge in [-0.1, -0.05) is 6.08 Å². The van der Waals surface area contributed by atoms with E-state index in [1.165, 1.54) is 0 Å². The van der Waals surface area contributed by atoms with E-state index in [2.05, 4.69) is 11.3 Å². The van der Waals surface area contributed by atoms with Gasteiger partial charge in [-0.25, -0.2) is 17.5 Å². The maximum absolute atomic E-state index is 13.5. The molecule has 3 N–H and O–H groups in total. The van der Waals surface area contributed by atoms with Gasteiger partial charge in [0.1, 0.15) is 10.7 Å². The van der Waals surface area contributed by atoms with Crippen LogP contribution >= 0.6 is 0 Å². The fourth-order valence-corrected chi connectivity index (χ4v) is 2.39. The summed E-state index contributed by atoms with van der Waals surface area (Å²) >= 11 is 0. The Balaban J connectivity index is 3.06. The average Bonchev–Trinajstić information content (AvgIpc) is 2.23. The molecule has 1 rings (SSSR count). The Morgan fingerprint density at radius 2 is 2.18 bits per heavy atom. The third-order valence-electron chi connectivity index (χ3n) is 2.25. The highest BCUT2D eigenvalue weighted by Crippen LogP contribution is 2.21. The van der Waals surface area contributed by atoms with Crippen LogP contribution < -0.4 is 10.5 Å². The predicted octanol–water partition coefficient (Wildman–Crippen LogP) is 1.57. The lowest BCUT2D eigenvalue weighted by Crippen LogP contribution is -2.25. The van der Waals surface area contributed by atoms with Crippen molar-refractivity contribution in [3.8, 4) is 0 Å². The number of hydrogen-bond donors (Lipinski definition) is 2. The van der Waals surface area contributed by atoms with Gasteiger partial charge in [-0.15, -0.1) is 6.58 Å². The molecular weight excluding hydrogens is 243 g/mol. The Bertz CT molecular complexity index is 527. The average molecular weight is 258 g/mol. The molecule has 1 aromatic rings. The molecule has 17 heavy (non-hydrogen) atoms. The molecule has 6 heteroatoms. The summed E-state index contributed by atoms with van der Waals surface area (Å²) in [6, 6.07) is 2.23. The van der Waals surface area contributed by atoms with E-state index in [1.54, 1.807) is 13.0 Å². The van der Waals surface area contributed by atoms with Gasteiger partial charge < -0.3 is 5.73 Å². The van der Waals surface area contributed by atoms with Crippen LogP contribution in [0.4, 0.5) is 10.1 Å². The van der Waals surface area contributed by atoms with Gasteiger partial charge in [0.15, 0.2) is 0 Å². The van der Waals surface area contributed by atoms with Crippen molar-refractivity contribution in [3.05, 3.63) is 36.2 Å². The number of nitrogens with two attached hydrogens (primary N) is 1. The Labute approximate surface area is 100 Å². The first kappa shape index (κ1) is 13.7. The largest absolute Gasteiger partial charge is 0.398 e. The lowest BCUT2D eigenvalue weighted by molar-refractivity contribution is 0.557. The number of hydrogen-bond acceptors (Lipinski definition) is 3. The van der Waals surface area contributed by atoms with Crippen molar-refractivity contribution in [2.75, 3.05) is 12.3 Å². The van der Waals surface area contributed by atoms with Crippen molar-refractivity contribution >= 4 is 15.7 Å². The third-order valence-corrected chi connectivity index (χ3v) is 3.73. The number of nitrogen functional groups attached to an aromatic ring is 1. The van der Waals surface area contributed by atoms with Gasteiger partial charge in [-0.3, -0.25) is 0 Å². The van der Waals surface area contributed by atoms with Gasteiger partial charge in [0.2, 0.25) is 10.0 Å². The van der Waals surface area contributed by atoms with E-state index in [0.717, 1.165) is 12.1 Å². The van der Waals surface area contributed by atoms with Crippen LogP contribution in [0.1, 0.15) is 12.0 Å². The van der Waals surface area contributed by atoms with Crippen LogP contribution in [0.25, 0.3) is 0 Å². The SMILES string of the molecule is C=CCCNS(=O)(=O)c1cc(N)c(C)cc1F. The summed E-state index contributed by atoms with van der Waals surface area (Å²) in [5, 5.41) is 0. The molecular formula is C11H15FN2O2S. The van der Waals surface area contributed by atoms with Gasteiger partial charge in [-0.05, 0) is 31.0 Å². The van der Waals surface area contributed by atoms with Crippen LogP contribution in [0.15, 0.2) is 29.7 Å². The minimum Gasteiger partial charge on any atom is -0.398 e. The molecule has 94 valence electrons. The maximum atomic E-state index is 13.5. The van der Waals surface area contributed by atoms with Crippen LogP contribution in [0.3, 0.4) is 0 Å². The Hall–Kier alpha value is -1.40. The second-order valence-electron chi connectivity index (χ2n) is 3.61. The lowest BCUT2D eigenvalue weighted by Gasteiger charge is -2.09. The topological polar surface area (TPSA) is 72.2 Å². The number of nitrogens with one attached hydrogen (secondary N) is 1. The molecule has 0 saturated heterocycles. The first-order chi connectivity index (χ1) is 7.88. The number of halogens is 1. The van der Waals surface area contributed by atoms with Crippen molar-refractivity contribution in [1.82, 2.24) is 4.72 Å². The fraction of sp³-hybridized carbons (Fsp3) is 0.273. The van der Waals surface area contributed by atoms with Crippen LogP contribution in [-0.2, 0) is 10.0 Å². The van der Waals surface area contributed by atoms with E-state index in [4.69, 9.17) is 5.73 Å². The minimum atomic E-state index is -3.86. The maximum Gasteiger partial charge on any atom is 0.243 e. The zero-order chi connectivity index (χ0) is 13.1. The van der Waals surface area contributed by atoms with Crippen molar-refractivity contribution in [2.24, 2.45) is 0 Å². The zero-order valence-electron chi connectivity index (χ0n) is 9.53. The smallest absolute Gasteiger partial charge is 0.243 e. The lowest BCUT2D eigenvalue weighted by atomic mass is 10.2. The number of benzene rings is 1. The molecule has 0 aliphatic heterocycles. The molecule has 0 atom stereocenters. The summed E-state index contributed by atoms with van der Waals surface area (Å²) in [6.45, 7) is 5.26. The molecule has 0 unspecified atom stereocenters. The van der Waals surface area contributed by atoms with Gasteiger partial charge in [0.25, 0.3) is 0 Å². The quantitative estimate of drug-likeness (QED) is 0.478. The van der Waals surface area contributed by atoms with Gasteiger partial charge in [0.05, 0.1) is 0 Å². The van der Waals surface area contributed by atoms with E-state index in [9.17, 15) is 12.8 Å². The highest BCUT2D eigenvalue weighted by atomic mass is 32.2. The van der Waals surface area contributed by atoms with E-state index in [1.807, 2.05) is 0 Å². The Kier molecular flexibility index (Phi) is 4.25. The molecule has 1 aromatic carbocycles. The summed E-state index contributed by atoms with van der Waals surface area (Å²) in [5.41, 5.74) is 6.32. The van der Waals surface area contributed by atoms with Crippen LogP contribution in [-0.4, -0.2) is 15.0 Å². The molecule has 0 saturated carbocycles. The summed E-state index contributed by atoms with van der Waals surface area (Å²) in [4.78, 5) is -0.426. The second kappa shape index (κ2) is 5.29. The van der Waals surface area contributed by atoms with Gasteiger partial charge in [0, 0.05) is 12.2 Å². The molecule has 0 aliphatic rings. The number of anilines is 1. The van der Waals surface area contributed by atoms with Crippen molar-refractivity contribution in [3.63, 3.8) is 0 Å². The van der Waals surface area contributed by atoms with Crippen molar-refractivity contribution in [2.45, 2.75) is 18.2 Å². The normalized spacial score (nSPS) is 11.4. The van der Waals surface area contributed by atoms with Crippen molar-refractivity contribution in [1.29, 1.82) is 0 Å². The first-order valence-corrected chi connectivity index (χ1v) is 6.53. The van der Waals surface area contributed by atoms with Crippen LogP contribution in [0, 0.1) is 12.7 Å². The molecule has 0 aliphatic carbocycles. The monoisotopic (exact) mass is 258 g/mol. The Morgan fingerprint density at radius 1 is 1.53 bits per heavy atom. The molecule has 0 bridgehead atoms. The standard InChI is InChI=1S/C11H15FN2O2S/c1-3-4-5-14-17(15,16)11-7-10(13)8(2)6-9(11)12/h3,6-7,14H,1,4-5,13H2,2H3. The molecule has 4 nitrogen and oxygen atoms in total. The second-order valence-corrected chi connectivity index (χ2v) is 5.35. The summed E-state index contributed by atoms with van der Waals surface area (Å²) < 4.78 is 39.3. The van der Waals surface area contributed by atoms with Gasteiger partial charge in [-0.2, -0.15) is 0 Å². The molecule has 0 fully saturated rings. The summed E-state index contributed by atoms with van der Waals surface area (Å²) in [6.07, 6.45) is 2.05. The number of sulfonamides is 1. The van der Waals surface area contributed by atoms with Crippen LogP contribution in [0.2, 0.25) is 0 Å².